The predicted molar refractivity (Wildman–Crippen MR) is 85.6 cm³/mol. The Morgan fingerprint density at radius 3 is 2.43 bits per heavy atom. The molecule has 0 bridgehead atoms. The molecular weight excluding hydrogens is 282 g/mol. The maximum absolute atomic E-state index is 5.41. The highest BCUT2D eigenvalue weighted by molar-refractivity contribution is 7.71. The van der Waals surface area contributed by atoms with E-state index in [-0.39, 0.29) is 0 Å². The van der Waals surface area contributed by atoms with Gasteiger partial charge >= 0.3 is 0 Å². The molecule has 0 atom stereocenters. The first-order valence-electron chi connectivity index (χ1n) is 7.55. The third kappa shape index (κ3) is 2.49. The topological polar surface area (TPSA) is 40.1 Å². The molecule has 2 fully saturated rings. The predicted octanol–water partition coefficient (Wildman–Crippen LogP) is 2.21. The van der Waals surface area contributed by atoms with E-state index < -0.39 is 0 Å². The number of piperazine rings is 1. The molecule has 4 rings (SSSR count). The summed E-state index contributed by atoms with van der Waals surface area (Å²) in [6, 6.07) is 11.0. The minimum absolute atomic E-state index is 0.654. The lowest BCUT2D eigenvalue weighted by atomic mass is 10.3. The molecule has 2 heterocycles. The van der Waals surface area contributed by atoms with E-state index in [0.717, 1.165) is 43.9 Å². The summed E-state index contributed by atoms with van der Waals surface area (Å²) in [6.07, 6.45) is 2.76. The van der Waals surface area contributed by atoms with Crippen molar-refractivity contribution in [3.05, 3.63) is 35.1 Å². The Kier molecular flexibility index (Phi) is 3.27. The Morgan fingerprint density at radius 2 is 1.76 bits per heavy atom. The Labute approximate surface area is 129 Å². The number of nitrogens with one attached hydrogen (secondary N) is 1. The van der Waals surface area contributed by atoms with Crippen molar-refractivity contribution in [2.24, 2.45) is 0 Å². The highest BCUT2D eigenvalue weighted by Gasteiger charge is 2.32. The van der Waals surface area contributed by atoms with Crippen LogP contribution in [0.1, 0.15) is 12.8 Å². The van der Waals surface area contributed by atoms with Crippen molar-refractivity contribution in [1.82, 2.24) is 19.7 Å². The second-order valence-corrected chi connectivity index (χ2v) is 6.14. The first-order valence-corrected chi connectivity index (χ1v) is 7.95. The van der Waals surface area contributed by atoms with Gasteiger partial charge in [-0.3, -0.25) is 9.47 Å². The van der Waals surface area contributed by atoms with Gasteiger partial charge in [-0.2, -0.15) is 0 Å². The summed E-state index contributed by atoms with van der Waals surface area (Å²) in [7, 11) is 0. The summed E-state index contributed by atoms with van der Waals surface area (Å²) in [6.45, 7) is 4.28. The van der Waals surface area contributed by atoms with Gasteiger partial charge in [-0.25, -0.2) is 5.10 Å². The molecule has 1 aliphatic carbocycles. The Hall–Kier alpha value is -1.66. The van der Waals surface area contributed by atoms with Gasteiger partial charge in [-0.1, -0.05) is 18.2 Å². The number of anilines is 1. The van der Waals surface area contributed by atoms with Crippen LogP contribution in [0, 0.1) is 4.77 Å². The highest BCUT2D eigenvalue weighted by atomic mass is 32.1. The molecule has 0 radical (unpaired) electrons. The summed E-state index contributed by atoms with van der Waals surface area (Å²) >= 11 is 5.41. The first kappa shape index (κ1) is 13.0. The molecule has 110 valence electrons. The van der Waals surface area contributed by atoms with Gasteiger partial charge in [0.2, 0.25) is 10.7 Å². The number of nitrogens with zero attached hydrogens (tertiary/aromatic N) is 4. The lowest BCUT2D eigenvalue weighted by Crippen LogP contribution is -2.48. The van der Waals surface area contributed by atoms with Gasteiger partial charge in [0.05, 0.1) is 5.69 Å². The fourth-order valence-electron chi connectivity index (χ4n) is 3.04. The number of H-pyrrole nitrogens is 1. The second kappa shape index (κ2) is 5.27. The van der Waals surface area contributed by atoms with Crippen LogP contribution in [-0.2, 0) is 0 Å². The smallest absolute Gasteiger partial charge is 0.230 e. The van der Waals surface area contributed by atoms with E-state index in [1.165, 1.54) is 12.8 Å². The molecule has 0 spiro atoms. The SMILES string of the molecule is S=c1[nH]nc(N2CCN(C3CC3)CC2)n1-c1ccccc1. The zero-order valence-electron chi connectivity index (χ0n) is 11.9. The van der Waals surface area contributed by atoms with Gasteiger partial charge in [0, 0.05) is 32.2 Å². The average Bonchev–Trinajstić information content (AvgIpc) is 3.31. The van der Waals surface area contributed by atoms with Gasteiger partial charge in [-0.05, 0) is 37.2 Å². The summed E-state index contributed by atoms with van der Waals surface area (Å²) < 4.78 is 2.68. The summed E-state index contributed by atoms with van der Waals surface area (Å²) in [4.78, 5) is 4.93. The van der Waals surface area contributed by atoms with Crippen molar-refractivity contribution in [2.75, 3.05) is 31.1 Å². The second-order valence-electron chi connectivity index (χ2n) is 5.75. The van der Waals surface area contributed by atoms with Crippen LogP contribution in [0.5, 0.6) is 0 Å². The molecule has 21 heavy (non-hydrogen) atoms. The van der Waals surface area contributed by atoms with Crippen molar-refractivity contribution < 1.29 is 0 Å². The molecule has 6 heteroatoms. The van der Waals surface area contributed by atoms with E-state index in [1.807, 2.05) is 22.8 Å². The van der Waals surface area contributed by atoms with Crippen LogP contribution in [0.25, 0.3) is 5.69 Å². The van der Waals surface area contributed by atoms with Crippen LogP contribution in [0.15, 0.2) is 30.3 Å². The number of aromatic nitrogens is 3. The zero-order valence-corrected chi connectivity index (χ0v) is 12.7. The number of benzene rings is 1. The molecule has 1 aromatic carbocycles. The van der Waals surface area contributed by atoms with Gasteiger partial charge in [0.1, 0.15) is 0 Å². The van der Waals surface area contributed by atoms with E-state index in [0.29, 0.717) is 4.77 Å². The first-order chi connectivity index (χ1) is 10.3. The van der Waals surface area contributed by atoms with Crippen molar-refractivity contribution >= 4 is 18.2 Å². The van der Waals surface area contributed by atoms with Crippen LogP contribution >= 0.6 is 12.2 Å². The highest BCUT2D eigenvalue weighted by Crippen LogP contribution is 2.28. The largest absolute Gasteiger partial charge is 0.338 e. The molecular formula is C15H19N5S. The Morgan fingerprint density at radius 1 is 1.05 bits per heavy atom. The standard InChI is InChI=1S/C15H19N5S/c21-15-17-16-14(20(15)13-4-2-1-3-5-13)19-10-8-18(9-11-19)12-6-7-12/h1-5,12H,6-11H2,(H,17,21). The summed E-state index contributed by atoms with van der Waals surface area (Å²) in [5.41, 5.74) is 1.07. The minimum atomic E-state index is 0.654. The number of aromatic amines is 1. The molecule has 1 aromatic heterocycles. The summed E-state index contributed by atoms with van der Waals surface area (Å²) in [5.74, 6) is 0.932. The fourth-order valence-corrected chi connectivity index (χ4v) is 3.27. The molecule has 2 aliphatic rings. The van der Waals surface area contributed by atoms with Crippen LogP contribution in [0.2, 0.25) is 0 Å². The van der Waals surface area contributed by atoms with Crippen LogP contribution in [0.4, 0.5) is 5.95 Å². The number of hydrogen-bond acceptors (Lipinski definition) is 4. The van der Waals surface area contributed by atoms with Gasteiger partial charge in [-0.15, -0.1) is 5.10 Å². The van der Waals surface area contributed by atoms with E-state index >= 15 is 0 Å². The van der Waals surface area contributed by atoms with Crippen LogP contribution < -0.4 is 4.90 Å². The average molecular weight is 301 g/mol. The summed E-state index contributed by atoms with van der Waals surface area (Å²) in [5, 5.41) is 7.39. The molecule has 5 nitrogen and oxygen atoms in total. The van der Waals surface area contributed by atoms with Gasteiger partial charge in [0.25, 0.3) is 0 Å². The normalized spacial score (nSPS) is 19.9. The fraction of sp³-hybridized carbons (Fsp3) is 0.467. The van der Waals surface area contributed by atoms with E-state index in [4.69, 9.17) is 12.2 Å². The molecule has 0 unspecified atom stereocenters. The van der Waals surface area contributed by atoms with E-state index in [9.17, 15) is 0 Å². The number of rotatable bonds is 3. The molecule has 1 saturated carbocycles. The van der Waals surface area contributed by atoms with Crippen molar-refractivity contribution in [3.8, 4) is 5.69 Å². The van der Waals surface area contributed by atoms with Crippen molar-refractivity contribution in [1.29, 1.82) is 0 Å². The third-order valence-electron chi connectivity index (χ3n) is 4.33. The van der Waals surface area contributed by atoms with E-state index in [1.54, 1.807) is 0 Å². The Bertz CT molecular complexity index is 665. The quantitative estimate of drug-likeness (QED) is 0.883. The maximum Gasteiger partial charge on any atom is 0.230 e. The minimum Gasteiger partial charge on any atom is -0.338 e. The molecule has 1 aliphatic heterocycles. The molecule has 2 aromatic rings. The van der Waals surface area contributed by atoms with Crippen LogP contribution in [0.3, 0.4) is 0 Å². The maximum atomic E-state index is 5.41. The Balaban J connectivity index is 1.60. The molecule has 0 amide bonds. The van der Waals surface area contributed by atoms with E-state index in [2.05, 4.69) is 32.1 Å². The number of para-hydroxylation sites is 1. The van der Waals surface area contributed by atoms with Gasteiger partial charge < -0.3 is 4.90 Å². The lowest BCUT2D eigenvalue weighted by molar-refractivity contribution is 0.246. The van der Waals surface area contributed by atoms with Crippen LogP contribution in [-0.4, -0.2) is 51.9 Å². The van der Waals surface area contributed by atoms with Gasteiger partial charge in [0.15, 0.2) is 0 Å². The molecule has 1 N–H and O–H groups in total. The zero-order chi connectivity index (χ0) is 14.2. The monoisotopic (exact) mass is 301 g/mol. The van der Waals surface area contributed by atoms with Crippen molar-refractivity contribution in [3.63, 3.8) is 0 Å². The third-order valence-corrected chi connectivity index (χ3v) is 4.60. The van der Waals surface area contributed by atoms with Crippen molar-refractivity contribution in [2.45, 2.75) is 18.9 Å². The molecule has 1 saturated heterocycles. The lowest BCUT2D eigenvalue weighted by Gasteiger charge is -2.35. The number of hydrogen-bond donors (Lipinski definition) is 1.